The molecule has 0 aromatic heterocycles. The molecule has 1 heterocycles. The molecular formula is C13H18N2O3. The molecule has 98 valence electrons. The Hall–Kier alpha value is -1.91. The van der Waals surface area contributed by atoms with E-state index in [1.54, 1.807) is 19.1 Å². The molecule has 1 aliphatic rings. The first-order chi connectivity index (χ1) is 8.65. The first-order valence-electron chi connectivity index (χ1n) is 5.86. The van der Waals surface area contributed by atoms with Crippen LogP contribution in [0.1, 0.15) is 0 Å². The smallest absolute Gasteiger partial charge is 0.241 e. The number of ether oxygens (including phenoxy) is 2. The van der Waals surface area contributed by atoms with E-state index in [1.807, 2.05) is 30.1 Å². The Balaban J connectivity index is 2.25. The quantitative estimate of drug-likeness (QED) is 0.802. The molecule has 1 fully saturated rings. The lowest BCUT2D eigenvalue weighted by Crippen LogP contribution is -2.48. The van der Waals surface area contributed by atoms with Crippen molar-refractivity contribution >= 4 is 11.6 Å². The molecule has 0 radical (unpaired) electrons. The summed E-state index contributed by atoms with van der Waals surface area (Å²) >= 11 is 0. The zero-order valence-electron chi connectivity index (χ0n) is 11.0. The fourth-order valence-corrected chi connectivity index (χ4v) is 2.01. The third-order valence-electron chi connectivity index (χ3n) is 3.18. The van der Waals surface area contributed by atoms with Gasteiger partial charge in [-0.05, 0) is 12.1 Å². The molecule has 0 bridgehead atoms. The molecule has 0 spiro atoms. The summed E-state index contributed by atoms with van der Waals surface area (Å²) in [5, 5.41) is 0. The topological polar surface area (TPSA) is 42.0 Å². The van der Waals surface area contributed by atoms with Crippen LogP contribution in [0.4, 0.5) is 5.69 Å². The van der Waals surface area contributed by atoms with E-state index < -0.39 is 0 Å². The second-order valence-corrected chi connectivity index (χ2v) is 4.27. The van der Waals surface area contributed by atoms with Crippen molar-refractivity contribution in [3.8, 4) is 11.5 Å². The highest BCUT2D eigenvalue weighted by Gasteiger charge is 2.23. The van der Waals surface area contributed by atoms with E-state index in [4.69, 9.17) is 9.47 Å². The van der Waals surface area contributed by atoms with Crippen LogP contribution in [0, 0.1) is 0 Å². The number of hydrogen-bond acceptors (Lipinski definition) is 4. The first-order valence-corrected chi connectivity index (χ1v) is 5.86. The van der Waals surface area contributed by atoms with Gasteiger partial charge in [-0.15, -0.1) is 0 Å². The van der Waals surface area contributed by atoms with Crippen molar-refractivity contribution in [3.63, 3.8) is 0 Å². The molecule has 0 aliphatic carbocycles. The highest BCUT2D eigenvalue weighted by atomic mass is 16.5. The molecule has 0 N–H and O–H groups in total. The van der Waals surface area contributed by atoms with Crippen molar-refractivity contribution in [3.05, 3.63) is 18.2 Å². The Morgan fingerprint density at radius 3 is 2.56 bits per heavy atom. The van der Waals surface area contributed by atoms with Gasteiger partial charge in [-0.3, -0.25) is 4.79 Å². The summed E-state index contributed by atoms with van der Waals surface area (Å²) in [6.45, 7) is 1.93. The summed E-state index contributed by atoms with van der Waals surface area (Å²) in [6.07, 6.45) is 0. The SMILES string of the molecule is COc1ccc(N2CCN(C)C(=O)C2)c(OC)c1. The lowest BCUT2D eigenvalue weighted by molar-refractivity contribution is -0.129. The lowest BCUT2D eigenvalue weighted by atomic mass is 10.2. The summed E-state index contributed by atoms with van der Waals surface area (Å²) in [5.74, 6) is 1.60. The number of piperazine rings is 1. The van der Waals surface area contributed by atoms with Crippen LogP contribution < -0.4 is 14.4 Å². The van der Waals surface area contributed by atoms with E-state index in [-0.39, 0.29) is 5.91 Å². The van der Waals surface area contributed by atoms with Crippen LogP contribution in [0.15, 0.2) is 18.2 Å². The number of methoxy groups -OCH3 is 2. The second-order valence-electron chi connectivity index (χ2n) is 4.27. The van der Waals surface area contributed by atoms with E-state index in [9.17, 15) is 4.79 Å². The molecule has 0 saturated carbocycles. The van der Waals surface area contributed by atoms with Crippen molar-refractivity contribution < 1.29 is 14.3 Å². The summed E-state index contributed by atoms with van der Waals surface area (Å²) in [4.78, 5) is 15.5. The van der Waals surface area contributed by atoms with Gasteiger partial charge in [0.05, 0.1) is 26.5 Å². The average molecular weight is 250 g/mol. The third-order valence-corrected chi connectivity index (χ3v) is 3.18. The van der Waals surface area contributed by atoms with Crippen LogP contribution >= 0.6 is 0 Å². The summed E-state index contributed by atoms with van der Waals surface area (Å²) in [6, 6.07) is 5.63. The van der Waals surface area contributed by atoms with Gasteiger partial charge in [0, 0.05) is 26.2 Å². The molecule has 1 aromatic carbocycles. The number of rotatable bonds is 3. The van der Waals surface area contributed by atoms with Gasteiger partial charge < -0.3 is 19.3 Å². The summed E-state index contributed by atoms with van der Waals surface area (Å²) < 4.78 is 10.5. The number of likely N-dealkylation sites (N-methyl/N-ethyl adjacent to an activating group) is 1. The molecule has 18 heavy (non-hydrogen) atoms. The van der Waals surface area contributed by atoms with Crippen LogP contribution in [0.5, 0.6) is 11.5 Å². The third kappa shape index (κ3) is 2.34. The molecule has 5 nitrogen and oxygen atoms in total. The fourth-order valence-electron chi connectivity index (χ4n) is 2.01. The average Bonchev–Trinajstić information content (AvgIpc) is 2.41. The van der Waals surface area contributed by atoms with Crippen LogP contribution in [0.2, 0.25) is 0 Å². The van der Waals surface area contributed by atoms with Crippen molar-refractivity contribution in [1.82, 2.24) is 4.90 Å². The highest BCUT2D eigenvalue weighted by molar-refractivity contribution is 5.83. The van der Waals surface area contributed by atoms with Gasteiger partial charge in [-0.25, -0.2) is 0 Å². The zero-order valence-corrected chi connectivity index (χ0v) is 11.0. The molecule has 0 unspecified atom stereocenters. The van der Waals surface area contributed by atoms with Crippen molar-refractivity contribution in [2.24, 2.45) is 0 Å². The van der Waals surface area contributed by atoms with Gasteiger partial charge in [0.1, 0.15) is 11.5 Å². The number of nitrogens with zero attached hydrogens (tertiary/aromatic N) is 2. The molecule has 2 rings (SSSR count). The largest absolute Gasteiger partial charge is 0.497 e. The second kappa shape index (κ2) is 5.16. The van der Waals surface area contributed by atoms with Crippen molar-refractivity contribution in [1.29, 1.82) is 0 Å². The molecule has 1 aromatic rings. The predicted octanol–water partition coefficient (Wildman–Crippen LogP) is 0.982. The van der Waals surface area contributed by atoms with Gasteiger partial charge in [0.15, 0.2) is 0 Å². The van der Waals surface area contributed by atoms with E-state index in [0.29, 0.717) is 6.54 Å². The minimum Gasteiger partial charge on any atom is -0.497 e. The molecule has 1 amide bonds. The number of anilines is 1. The molecule has 0 atom stereocenters. The molecule has 1 aliphatic heterocycles. The normalized spacial score (nSPS) is 15.8. The Bertz CT molecular complexity index is 448. The summed E-state index contributed by atoms with van der Waals surface area (Å²) in [7, 11) is 5.06. The summed E-state index contributed by atoms with van der Waals surface area (Å²) in [5.41, 5.74) is 0.930. The Morgan fingerprint density at radius 2 is 1.94 bits per heavy atom. The number of amides is 1. The minimum absolute atomic E-state index is 0.124. The highest BCUT2D eigenvalue weighted by Crippen LogP contribution is 2.32. The number of benzene rings is 1. The monoisotopic (exact) mass is 250 g/mol. The molecule has 5 heteroatoms. The minimum atomic E-state index is 0.124. The first kappa shape index (κ1) is 12.5. The van der Waals surface area contributed by atoms with Crippen LogP contribution in [-0.4, -0.2) is 51.7 Å². The van der Waals surface area contributed by atoms with E-state index in [0.717, 1.165) is 30.3 Å². The van der Waals surface area contributed by atoms with E-state index >= 15 is 0 Å². The van der Waals surface area contributed by atoms with Gasteiger partial charge in [-0.1, -0.05) is 0 Å². The Morgan fingerprint density at radius 1 is 1.17 bits per heavy atom. The maximum atomic E-state index is 11.7. The Kier molecular flexibility index (Phi) is 3.60. The fraction of sp³-hybridized carbons (Fsp3) is 0.462. The van der Waals surface area contributed by atoms with Crippen LogP contribution in [0.3, 0.4) is 0 Å². The van der Waals surface area contributed by atoms with Gasteiger partial charge in [-0.2, -0.15) is 0 Å². The standard InChI is InChI=1S/C13H18N2O3/c1-14-6-7-15(9-13(14)16)11-5-4-10(17-2)8-12(11)18-3/h4-5,8H,6-7,9H2,1-3H3. The van der Waals surface area contributed by atoms with Gasteiger partial charge >= 0.3 is 0 Å². The Labute approximate surface area is 107 Å². The van der Waals surface area contributed by atoms with Crippen molar-refractivity contribution in [2.75, 3.05) is 45.8 Å². The number of carbonyl (C=O) groups is 1. The van der Waals surface area contributed by atoms with Gasteiger partial charge in [0.25, 0.3) is 0 Å². The number of carbonyl (C=O) groups excluding carboxylic acids is 1. The van der Waals surface area contributed by atoms with E-state index in [1.165, 1.54) is 0 Å². The number of hydrogen-bond donors (Lipinski definition) is 0. The predicted molar refractivity (Wildman–Crippen MR) is 69.4 cm³/mol. The zero-order chi connectivity index (χ0) is 13.1. The molecular weight excluding hydrogens is 232 g/mol. The maximum Gasteiger partial charge on any atom is 0.241 e. The van der Waals surface area contributed by atoms with Crippen molar-refractivity contribution in [2.45, 2.75) is 0 Å². The lowest BCUT2D eigenvalue weighted by Gasteiger charge is -2.34. The van der Waals surface area contributed by atoms with Crippen LogP contribution in [0.25, 0.3) is 0 Å². The maximum absolute atomic E-state index is 11.7. The van der Waals surface area contributed by atoms with Gasteiger partial charge in [0.2, 0.25) is 5.91 Å². The van der Waals surface area contributed by atoms with E-state index in [2.05, 4.69) is 0 Å². The molecule has 1 saturated heterocycles. The van der Waals surface area contributed by atoms with Crippen LogP contribution in [-0.2, 0) is 4.79 Å².